The van der Waals surface area contributed by atoms with E-state index in [1.165, 1.54) is 0 Å². The maximum absolute atomic E-state index is 12.1. The van der Waals surface area contributed by atoms with Gasteiger partial charge < -0.3 is 9.15 Å². The van der Waals surface area contributed by atoms with Crippen molar-refractivity contribution in [1.29, 1.82) is 0 Å². The van der Waals surface area contributed by atoms with Gasteiger partial charge in [-0.2, -0.15) is 0 Å². The number of hydrogen-bond acceptors (Lipinski definition) is 4. The fraction of sp³-hybridized carbons (Fsp3) is 0.412. The van der Waals surface area contributed by atoms with Crippen molar-refractivity contribution in [3.05, 3.63) is 39.7 Å². The Morgan fingerprint density at radius 1 is 1.14 bits per heavy atom. The van der Waals surface area contributed by atoms with E-state index in [4.69, 9.17) is 9.15 Å². The van der Waals surface area contributed by atoms with Gasteiger partial charge in [-0.25, -0.2) is 4.79 Å². The number of hydrogen-bond donors (Lipinski definition) is 0. The van der Waals surface area contributed by atoms with Crippen molar-refractivity contribution in [1.82, 2.24) is 0 Å². The van der Waals surface area contributed by atoms with Gasteiger partial charge in [-0.05, 0) is 56.2 Å². The molecule has 21 heavy (non-hydrogen) atoms. The van der Waals surface area contributed by atoms with Crippen LogP contribution in [0.15, 0.2) is 27.4 Å². The van der Waals surface area contributed by atoms with E-state index in [1.54, 1.807) is 12.1 Å². The highest BCUT2D eigenvalue weighted by Gasteiger charge is 2.31. The zero-order chi connectivity index (χ0) is 14.4. The molecule has 4 nitrogen and oxygen atoms in total. The Labute approximate surface area is 121 Å². The molecular formula is C17H16O4. The maximum atomic E-state index is 12.1. The molecule has 108 valence electrons. The molecule has 1 aromatic carbocycles. The van der Waals surface area contributed by atoms with Crippen LogP contribution in [0.25, 0.3) is 11.0 Å². The lowest BCUT2D eigenvalue weighted by Crippen LogP contribution is -2.16. The molecule has 1 aromatic heterocycles. The molecule has 1 fully saturated rings. The molecule has 4 heteroatoms. The van der Waals surface area contributed by atoms with E-state index < -0.39 is 0 Å². The third-order valence-corrected chi connectivity index (χ3v) is 4.32. The van der Waals surface area contributed by atoms with Gasteiger partial charge in [0.1, 0.15) is 11.3 Å². The average molecular weight is 284 g/mol. The van der Waals surface area contributed by atoms with E-state index in [0.717, 1.165) is 55.0 Å². The molecule has 1 heterocycles. The minimum absolute atomic E-state index is 0.0521. The molecule has 0 radical (unpaired) electrons. The number of aryl methyl sites for hydroxylation is 1. The number of benzene rings is 1. The zero-order valence-electron chi connectivity index (χ0n) is 11.7. The van der Waals surface area contributed by atoms with Crippen molar-refractivity contribution in [3.8, 4) is 5.75 Å². The van der Waals surface area contributed by atoms with Crippen LogP contribution in [0.5, 0.6) is 5.75 Å². The van der Waals surface area contributed by atoms with Gasteiger partial charge in [0.2, 0.25) is 0 Å². The van der Waals surface area contributed by atoms with Gasteiger partial charge in [0.15, 0.2) is 0 Å². The van der Waals surface area contributed by atoms with Crippen LogP contribution >= 0.6 is 0 Å². The van der Waals surface area contributed by atoms with Crippen LogP contribution in [-0.4, -0.2) is 5.97 Å². The van der Waals surface area contributed by atoms with Crippen molar-refractivity contribution in [3.63, 3.8) is 0 Å². The molecule has 0 bridgehead atoms. The van der Waals surface area contributed by atoms with Gasteiger partial charge in [0.05, 0.1) is 5.92 Å². The van der Waals surface area contributed by atoms with Crippen LogP contribution in [0, 0.1) is 5.92 Å². The fourth-order valence-electron chi connectivity index (χ4n) is 3.01. The van der Waals surface area contributed by atoms with Gasteiger partial charge in [-0.3, -0.25) is 4.79 Å². The molecule has 1 saturated carbocycles. The third-order valence-electron chi connectivity index (χ3n) is 4.32. The summed E-state index contributed by atoms with van der Waals surface area (Å²) in [5.74, 6) is 0.323. The highest BCUT2D eigenvalue weighted by atomic mass is 16.5. The van der Waals surface area contributed by atoms with Crippen LogP contribution in [0.2, 0.25) is 0 Å². The molecule has 0 N–H and O–H groups in total. The molecular weight excluding hydrogens is 268 g/mol. The van der Waals surface area contributed by atoms with Crippen molar-refractivity contribution in [2.24, 2.45) is 5.92 Å². The predicted octanol–water partition coefficient (Wildman–Crippen LogP) is 2.99. The first kappa shape index (κ1) is 12.6. The number of rotatable bonds is 2. The Hall–Kier alpha value is -2.10. The highest BCUT2D eigenvalue weighted by molar-refractivity contribution is 5.84. The standard InChI is InChI=1S/C17H16O4/c18-16(10-5-6-10)20-11-7-8-13-12-3-1-2-4-14(12)17(19)21-15(13)9-11/h7-10H,1-6H2. The second-order valence-corrected chi connectivity index (χ2v) is 5.91. The van der Waals surface area contributed by atoms with E-state index in [9.17, 15) is 9.59 Å². The van der Waals surface area contributed by atoms with Crippen molar-refractivity contribution in [2.75, 3.05) is 0 Å². The van der Waals surface area contributed by atoms with Gasteiger partial charge >= 0.3 is 11.6 Å². The Balaban J connectivity index is 1.77. The smallest absolute Gasteiger partial charge is 0.339 e. The second kappa shape index (κ2) is 4.72. The van der Waals surface area contributed by atoms with E-state index in [-0.39, 0.29) is 17.5 Å². The quantitative estimate of drug-likeness (QED) is 0.483. The van der Waals surface area contributed by atoms with Crippen LogP contribution in [0.1, 0.15) is 36.8 Å². The fourth-order valence-corrected chi connectivity index (χ4v) is 3.01. The van der Waals surface area contributed by atoms with Gasteiger partial charge in [0.25, 0.3) is 0 Å². The molecule has 0 amide bonds. The summed E-state index contributed by atoms with van der Waals surface area (Å²) in [6, 6.07) is 5.35. The zero-order valence-corrected chi connectivity index (χ0v) is 11.7. The van der Waals surface area contributed by atoms with Crippen LogP contribution < -0.4 is 10.4 Å². The summed E-state index contributed by atoms with van der Waals surface area (Å²) in [6.07, 6.45) is 5.68. The minimum Gasteiger partial charge on any atom is -0.426 e. The molecule has 2 aromatic rings. The molecule has 2 aliphatic rings. The Morgan fingerprint density at radius 2 is 1.90 bits per heavy atom. The Bertz CT molecular complexity index is 783. The number of ether oxygens (including phenoxy) is 1. The molecule has 0 saturated heterocycles. The van der Waals surface area contributed by atoms with Crippen molar-refractivity contribution in [2.45, 2.75) is 38.5 Å². The van der Waals surface area contributed by atoms with Crippen LogP contribution in [0.4, 0.5) is 0 Å². The van der Waals surface area contributed by atoms with Gasteiger partial charge in [-0.15, -0.1) is 0 Å². The van der Waals surface area contributed by atoms with Crippen LogP contribution in [0.3, 0.4) is 0 Å². The third kappa shape index (κ3) is 2.24. The first-order valence-electron chi connectivity index (χ1n) is 7.53. The lowest BCUT2D eigenvalue weighted by atomic mass is 9.91. The number of fused-ring (bicyclic) bond motifs is 3. The van der Waals surface area contributed by atoms with E-state index in [0.29, 0.717) is 11.3 Å². The summed E-state index contributed by atoms with van der Waals surface area (Å²) in [4.78, 5) is 23.8. The average Bonchev–Trinajstić information content (AvgIpc) is 3.32. The first-order valence-corrected chi connectivity index (χ1v) is 7.53. The number of carbonyl (C=O) groups excluding carboxylic acids is 1. The first-order chi connectivity index (χ1) is 10.2. The summed E-state index contributed by atoms with van der Waals surface area (Å²) in [5.41, 5.74) is 2.19. The molecule has 0 unspecified atom stereocenters. The molecule has 0 spiro atoms. The normalized spacial score (nSPS) is 17.5. The lowest BCUT2D eigenvalue weighted by molar-refractivity contribution is -0.135. The van der Waals surface area contributed by atoms with Crippen molar-refractivity contribution >= 4 is 16.9 Å². The topological polar surface area (TPSA) is 56.5 Å². The molecule has 0 aliphatic heterocycles. The summed E-state index contributed by atoms with van der Waals surface area (Å²) in [7, 11) is 0. The summed E-state index contributed by atoms with van der Waals surface area (Å²) >= 11 is 0. The number of esters is 1. The molecule has 0 atom stereocenters. The van der Waals surface area contributed by atoms with Crippen LogP contribution in [-0.2, 0) is 17.6 Å². The summed E-state index contributed by atoms with van der Waals surface area (Å²) in [6.45, 7) is 0. The molecule has 2 aliphatic carbocycles. The SMILES string of the molecule is O=C(Oc1ccc2c3c(c(=O)oc2c1)CCCC3)C1CC1. The van der Waals surface area contributed by atoms with Gasteiger partial charge in [-0.1, -0.05) is 0 Å². The largest absolute Gasteiger partial charge is 0.426 e. The Morgan fingerprint density at radius 3 is 2.67 bits per heavy atom. The monoisotopic (exact) mass is 284 g/mol. The van der Waals surface area contributed by atoms with E-state index >= 15 is 0 Å². The maximum Gasteiger partial charge on any atom is 0.339 e. The molecule has 4 rings (SSSR count). The predicted molar refractivity (Wildman–Crippen MR) is 77.5 cm³/mol. The van der Waals surface area contributed by atoms with Crippen molar-refractivity contribution < 1.29 is 13.9 Å². The lowest BCUT2D eigenvalue weighted by Gasteiger charge is -2.16. The van der Waals surface area contributed by atoms with E-state index in [2.05, 4.69) is 0 Å². The highest BCUT2D eigenvalue weighted by Crippen LogP contribution is 2.32. The summed E-state index contributed by atoms with van der Waals surface area (Å²) < 4.78 is 10.7. The van der Waals surface area contributed by atoms with E-state index in [1.807, 2.05) is 6.07 Å². The van der Waals surface area contributed by atoms with Gasteiger partial charge in [0, 0.05) is 17.0 Å². The Kier molecular flexibility index (Phi) is 2.84. The minimum atomic E-state index is -0.247. The number of carbonyl (C=O) groups is 1. The summed E-state index contributed by atoms with van der Waals surface area (Å²) in [5, 5.41) is 0.968. The second-order valence-electron chi connectivity index (χ2n) is 5.91.